The quantitative estimate of drug-likeness (QED) is 0.555. The highest BCUT2D eigenvalue weighted by atomic mass is 32.2. The predicted molar refractivity (Wildman–Crippen MR) is 123 cm³/mol. The standard InChI is InChI=1S/C25H22N2O4S/c1-18-13-15-21(16-14-18)32(29,30)27-17-22(19-9-5-3-6-10-19)26-23(24(27)25(28)31-2)20-11-7-4-8-12-20/h3-17,24H,1-2H3. The topological polar surface area (TPSA) is 76.0 Å². The molecule has 0 fully saturated rings. The van der Waals surface area contributed by atoms with Crippen LogP contribution < -0.4 is 0 Å². The maximum Gasteiger partial charge on any atom is 0.335 e. The van der Waals surface area contributed by atoms with E-state index in [4.69, 9.17) is 9.73 Å². The summed E-state index contributed by atoms with van der Waals surface area (Å²) in [6.07, 6.45) is 1.40. The first kappa shape index (κ1) is 21.5. The highest BCUT2D eigenvalue weighted by Gasteiger charge is 2.41. The summed E-state index contributed by atoms with van der Waals surface area (Å²) < 4.78 is 33.5. The van der Waals surface area contributed by atoms with Crippen LogP contribution in [0.15, 0.2) is 101 Å². The van der Waals surface area contributed by atoms with Crippen molar-refractivity contribution in [2.24, 2.45) is 4.99 Å². The fourth-order valence-corrected chi connectivity index (χ4v) is 4.91. The summed E-state index contributed by atoms with van der Waals surface area (Å²) in [5.74, 6) is -0.716. The van der Waals surface area contributed by atoms with Gasteiger partial charge in [0.15, 0.2) is 6.04 Å². The zero-order valence-corrected chi connectivity index (χ0v) is 18.5. The van der Waals surface area contributed by atoms with Crippen LogP contribution in [0.1, 0.15) is 16.7 Å². The fourth-order valence-electron chi connectivity index (χ4n) is 3.48. The van der Waals surface area contributed by atoms with E-state index in [0.717, 1.165) is 15.4 Å². The average molecular weight is 447 g/mol. The van der Waals surface area contributed by atoms with Gasteiger partial charge in [0, 0.05) is 11.8 Å². The molecule has 1 unspecified atom stereocenters. The van der Waals surface area contributed by atoms with Gasteiger partial charge in [0.2, 0.25) is 0 Å². The minimum Gasteiger partial charge on any atom is -0.467 e. The number of carbonyl (C=O) groups excluding carboxylic acids is 1. The lowest BCUT2D eigenvalue weighted by atomic mass is 10.0. The first-order chi connectivity index (χ1) is 15.4. The van der Waals surface area contributed by atoms with Crippen molar-refractivity contribution in [2.75, 3.05) is 7.11 Å². The summed E-state index contributed by atoms with van der Waals surface area (Å²) in [4.78, 5) is 17.7. The molecule has 0 aromatic heterocycles. The van der Waals surface area contributed by atoms with Crippen LogP contribution in [-0.4, -0.2) is 37.6 Å². The lowest BCUT2D eigenvalue weighted by molar-refractivity contribution is -0.142. The first-order valence-corrected chi connectivity index (χ1v) is 11.4. The number of aryl methyl sites for hydroxylation is 1. The molecule has 162 valence electrons. The van der Waals surface area contributed by atoms with Crippen LogP contribution in [0.25, 0.3) is 5.70 Å². The molecule has 0 amide bonds. The summed E-state index contributed by atoms with van der Waals surface area (Å²) >= 11 is 0. The Morgan fingerprint density at radius 1 is 0.875 bits per heavy atom. The van der Waals surface area contributed by atoms with Gasteiger partial charge in [-0.1, -0.05) is 78.4 Å². The SMILES string of the molecule is COC(=O)C1C(c2ccccc2)=NC(c2ccccc2)=CN1S(=O)(=O)c1ccc(C)cc1. The highest BCUT2D eigenvalue weighted by molar-refractivity contribution is 7.89. The summed E-state index contributed by atoms with van der Waals surface area (Å²) in [5.41, 5.74) is 3.02. The van der Waals surface area contributed by atoms with Crippen molar-refractivity contribution >= 4 is 27.4 Å². The molecule has 1 aliphatic heterocycles. The van der Waals surface area contributed by atoms with E-state index in [0.29, 0.717) is 17.0 Å². The monoisotopic (exact) mass is 446 g/mol. The van der Waals surface area contributed by atoms with Crippen LogP contribution in [0, 0.1) is 6.92 Å². The van der Waals surface area contributed by atoms with Crippen molar-refractivity contribution in [1.29, 1.82) is 0 Å². The number of methoxy groups -OCH3 is 1. The van der Waals surface area contributed by atoms with Crippen LogP contribution >= 0.6 is 0 Å². The van der Waals surface area contributed by atoms with E-state index in [2.05, 4.69) is 0 Å². The van der Waals surface area contributed by atoms with Crippen LogP contribution in [0.2, 0.25) is 0 Å². The molecule has 0 saturated heterocycles. The molecule has 4 rings (SSSR count). The minimum atomic E-state index is -4.09. The third-order valence-corrected chi connectivity index (χ3v) is 6.90. The van der Waals surface area contributed by atoms with Crippen molar-refractivity contribution in [3.8, 4) is 0 Å². The van der Waals surface area contributed by atoms with Crippen molar-refractivity contribution in [3.63, 3.8) is 0 Å². The lowest BCUT2D eigenvalue weighted by Crippen LogP contribution is -2.49. The number of hydrogen-bond acceptors (Lipinski definition) is 5. The summed E-state index contributed by atoms with van der Waals surface area (Å²) in [7, 11) is -2.86. The molecule has 6 nitrogen and oxygen atoms in total. The number of hydrogen-bond donors (Lipinski definition) is 0. The summed E-state index contributed by atoms with van der Waals surface area (Å²) in [5, 5.41) is 0. The molecule has 0 aliphatic carbocycles. The molecule has 0 saturated carbocycles. The van der Waals surface area contributed by atoms with Gasteiger partial charge in [-0.25, -0.2) is 18.2 Å². The van der Waals surface area contributed by atoms with Crippen LogP contribution in [0.4, 0.5) is 0 Å². The number of ether oxygens (including phenoxy) is 1. The van der Waals surface area contributed by atoms with E-state index in [-0.39, 0.29) is 4.90 Å². The van der Waals surface area contributed by atoms with Gasteiger partial charge in [0.25, 0.3) is 10.0 Å². The number of rotatable bonds is 5. The zero-order chi connectivity index (χ0) is 22.7. The van der Waals surface area contributed by atoms with Crippen molar-refractivity contribution in [1.82, 2.24) is 4.31 Å². The average Bonchev–Trinajstić information content (AvgIpc) is 2.84. The lowest BCUT2D eigenvalue weighted by Gasteiger charge is -2.32. The third-order valence-electron chi connectivity index (χ3n) is 5.16. The molecule has 1 atom stereocenters. The van der Waals surface area contributed by atoms with Crippen molar-refractivity contribution in [2.45, 2.75) is 17.9 Å². The molecular formula is C25H22N2O4S. The summed E-state index contributed by atoms with van der Waals surface area (Å²) in [6.45, 7) is 1.88. The van der Waals surface area contributed by atoms with Gasteiger partial charge < -0.3 is 4.74 Å². The van der Waals surface area contributed by atoms with Crippen LogP contribution in [0.3, 0.4) is 0 Å². The molecule has 32 heavy (non-hydrogen) atoms. The maximum absolute atomic E-state index is 13.7. The second-order valence-corrected chi connectivity index (χ2v) is 9.16. The number of nitrogens with zero attached hydrogens (tertiary/aromatic N) is 2. The van der Waals surface area contributed by atoms with Crippen molar-refractivity contribution < 1.29 is 17.9 Å². The number of benzene rings is 3. The molecule has 1 aliphatic rings. The normalized spacial score (nSPS) is 16.2. The van der Waals surface area contributed by atoms with E-state index in [9.17, 15) is 13.2 Å². The van der Waals surface area contributed by atoms with Gasteiger partial charge >= 0.3 is 5.97 Å². The molecular weight excluding hydrogens is 424 g/mol. The van der Waals surface area contributed by atoms with Crippen molar-refractivity contribution in [3.05, 3.63) is 108 Å². The zero-order valence-electron chi connectivity index (χ0n) is 17.7. The summed E-state index contributed by atoms with van der Waals surface area (Å²) in [6, 6.07) is 23.5. The Kier molecular flexibility index (Phi) is 5.92. The van der Waals surface area contributed by atoms with E-state index in [1.54, 1.807) is 24.3 Å². The number of esters is 1. The van der Waals surface area contributed by atoms with Gasteiger partial charge in [0.05, 0.1) is 23.4 Å². The van der Waals surface area contributed by atoms with Gasteiger partial charge in [-0.2, -0.15) is 0 Å². The third kappa shape index (κ3) is 4.07. The van der Waals surface area contributed by atoms with Gasteiger partial charge in [-0.05, 0) is 24.6 Å². The minimum absolute atomic E-state index is 0.0787. The molecule has 0 radical (unpaired) electrons. The molecule has 0 spiro atoms. The van der Waals surface area contributed by atoms with Gasteiger partial charge in [-0.3, -0.25) is 4.31 Å². The number of carbonyl (C=O) groups is 1. The second-order valence-electron chi connectivity index (χ2n) is 7.32. The molecule has 3 aromatic carbocycles. The number of aliphatic imine (C=N–C) groups is 1. The largest absolute Gasteiger partial charge is 0.467 e. The molecule has 0 bridgehead atoms. The molecule has 0 N–H and O–H groups in total. The Hall–Kier alpha value is -3.71. The smallest absolute Gasteiger partial charge is 0.335 e. The first-order valence-electron chi connectivity index (χ1n) is 10.0. The Labute approximate surface area is 187 Å². The van der Waals surface area contributed by atoms with E-state index < -0.39 is 22.0 Å². The van der Waals surface area contributed by atoms with Crippen LogP contribution in [-0.2, 0) is 19.6 Å². The Morgan fingerprint density at radius 3 is 2.00 bits per heavy atom. The Bertz CT molecular complexity index is 1280. The van der Waals surface area contributed by atoms with E-state index >= 15 is 0 Å². The molecule has 3 aromatic rings. The maximum atomic E-state index is 13.7. The fraction of sp³-hybridized carbons (Fsp3) is 0.120. The number of sulfonamides is 1. The van der Waals surface area contributed by atoms with Gasteiger partial charge in [-0.15, -0.1) is 0 Å². The molecule has 7 heteroatoms. The Morgan fingerprint density at radius 2 is 1.44 bits per heavy atom. The predicted octanol–water partition coefficient (Wildman–Crippen LogP) is 4.03. The second kappa shape index (κ2) is 8.80. The Balaban J connectivity index is 1.95. The van der Waals surface area contributed by atoms with Crippen LogP contribution in [0.5, 0.6) is 0 Å². The van der Waals surface area contributed by atoms with Gasteiger partial charge in [0.1, 0.15) is 0 Å². The van der Waals surface area contributed by atoms with E-state index in [1.807, 2.05) is 55.5 Å². The van der Waals surface area contributed by atoms with E-state index in [1.165, 1.54) is 25.4 Å². The molecule has 1 heterocycles. The highest BCUT2D eigenvalue weighted by Crippen LogP contribution is 2.31.